The van der Waals surface area contributed by atoms with Crippen LogP contribution in [0.3, 0.4) is 0 Å². The predicted octanol–water partition coefficient (Wildman–Crippen LogP) is 2.21. The number of carbonyl (C=O) groups is 2. The third kappa shape index (κ3) is 3.70. The molecule has 26 heavy (non-hydrogen) atoms. The maximum Gasteiger partial charge on any atom is 0.258 e. The fraction of sp³-hybridized carbons (Fsp3) is 0.300. The van der Waals surface area contributed by atoms with Gasteiger partial charge in [0.2, 0.25) is 5.91 Å². The van der Waals surface area contributed by atoms with E-state index in [4.69, 9.17) is 5.73 Å². The van der Waals surface area contributed by atoms with Gasteiger partial charge in [-0.3, -0.25) is 9.59 Å². The highest BCUT2D eigenvalue weighted by Crippen LogP contribution is 2.33. The molecule has 6 nitrogen and oxygen atoms in total. The molecule has 0 aromatic heterocycles. The molecule has 0 saturated heterocycles. The third-order valence-corrected chi connectivity index (χ3v) is 4.49. The standard InChI is InChI=1S/C20H24N4O2/c1-22(2)13-14-23-17-5-3-4-6-18(17)24(12-11-19(23)25)20(26)15-7-9-16(21)10-8-15/h3-10H,11-14,21H2,1-2H3. The van der Waals surface area contributed by atoms with E-state index in [-0.39, 0.29) is 11.8 Å². The smallest absolute Gasteiger partial charge is 0.258 e. The fourth-order valence-electron chi connectivity index (χ4n) is 3.06. The number of benzene rings is 2. The monoisotopic (exact) mass is 352 g/mol. The molecule has 3 rings (SSSR count). The number of nitrogens with zero attached hydrogens (tertiary/aromatic N) is 3. The van der Waals surface area contributed by atoms with E-state index in [1.165, 1.54) is 0 Å². The van der Waals surface area contributed by atoms with Crippen molar-refractivity contribution in [3.63, 3.8) is 0 Å². The molecule has 0 unspecified atom stereocenters. The van der Waals surface area contributed by atoms with Gasteiger partial charge in [0.1, 0.15) is 0 Å². The summed E-state index contributed by atoms with van der Waals surface area (Å²) in [4.78, 5) is 31.3. The molecule has 2 aromatic rings. The number of amides is 2. The van der Waals surface area contributed by atoms with E-state index >= 15 is 0 Å². The van der Waals surface area contributed by atoms with Crippen LogP contribution in [0, 0.1) is 0 Å². The van der Waals surface area contributed by atoms with Gasteiger partial charge in [0.05, 0.1) is 11.4 Å². The topological polar surface area (TPSA) is 69.9 Å². The Morgan fingerprint density at radius 3 is 2.38 bits per heavy atom. The van der Waals surface area contributed by atoms with Gasteiger partial charge in [0.15, 0.2) is 0 Å². The summed E-state index contributed by atoms with van der Waals surface area (Å²) in [5.74, 6) is -0.0911. The summed E-state index contributed by atoms with van der Waals surface area (Å²) < 4.78 is 0. The quantitative estimate of drug-likeness (QED) is 0.857. The van der Waals surface area contributed by atoms with Gasteiger partial charge in [-0.05, 0) is 50.5 Å². The van der Waals surface area contributed by atoms with Crippen molar-refractivity contribution < 1.29 is 9.59 Å². The van der Waals surface area contributed by atoms with Gasteiger partial charge >= 0.3 is 0 Å². The Bertz CT molecular complexity index is 802. The number of carbonyl (C=O) groups excluding carboxylic acids is 2. The lowest BCUT2D eigenvalue weighted by molar-refractivity contribution is -0.118. The van der Waals surface area contributed by atoms with Crippen molar-refractivity contribution in [2.24, 2.45) is 0 Å². The molecule has 1 aliphatic heterocycles. The number of fused-ring (bicyclic) bond motifs is 1. The Kier molecular flexibility index (Phi) is 5.23. The Morgan fingerprint density at radius 2 is 1.73 bits per heavy atom. The minimum Gasteiger partial charge on any atom is -0.399 e. The SMILES string of the molecule is CN(C)CCN1C(=O)CCN(C(=O)c2ccc(N)cc2)c2ccccc21. The first-order valence-electron chi connectivity index (χ1n) is 8.69. The molecular formula is C20H24N4O2. The summed E-state index contributed by atoms with van der Waals surface area (Å²) in [7, 11) is 3.95. The molecular weight excluding hydrogens is 328 g/mol. The van der Waals surface area contributed by atoms with Gasteiger partial charge in [-0.15, -0.1) is 0 Å². The zero-order valence-corrected chi connectivity index (χ0v) is 15.2. The molecule has 0 bridgehead atoms. The van der Waals surface area contributed by atoms with Gasteiger partial charge in [-0.25, -0.2) is 0 Å². The van der Waals surface area contributed by atoms with E-state index in [1.807, 2.05) is 43.3 Å². The molecule has 1 heterocycles. The molecule has 136 valence electrons. The second-order valence-corrected chi connectivity index (χ2v) is 6.67. The van der Waals surface area contributed by atoms with E-state index in [0.717, 1.165) is 17.9 Å². The van der Waals surface area contributed by atoms with Crippen LogP contribution in [-0.2, 0) is 4.79 Å². The maximum atomic E-state index is 13.1. The second kappa shape index (κ2) is 7.58. The number of nitrogens with two attached hydrogens (primary N) is 1. The zero-order chi connectivity index (χ0) is 18.7. The third-order valence-electron chi connectivity index (χ3n) is 4.49. The molecule has 1 aliphatic rings. The van der Waals surface area contributed by atoms with Crippen molar-refractivity contribution in [3.8, 4) is 0 Å². The van der Waals surface area contributed by atoms with Crippen LogP contribution < -0.4 is 15.5 Å². The first kappa shape index (κ1) is 17.9. The van der Waals surface area contributed by atoms with Crippen LogP contribution in [0.1, 0.15) is 16.8 Å². The number of anilines is 3. The van der Waals surface area contributed by atoms with Crippen LogP contribution in [0.5, 0.6) is 0 Å². The van der Waals surface area contributed by atoms with Gasteiger partial charge in [-0.2, -0.15) is 0 Å². The van der Waals surface area contributed by atoms with Crippen LogP contribution in [-0.4, -0.2) is 50.4 Å². The van der Waals surface area contributed by atoms with Crippen molar-refractivity contribution in [3.05, 3.63) is 54.1 Å². The summed E-state index contributed by atoms with van der Waals surface area (Å²) in [6, 6.07) is 14.4. The van der Waals surface area contributed by atoms with Crippen LogP contribution in [0.2, 0.25) is 0 Å². The molecule has 0 spiro atoms. The van der Waals surface area contributed by atoms with Crippen molar-refractivity contribution in [2.45, 2.75) is 6.42 Å². The van der Waals surface area contributed by atoms with E-state index in [9.17, 15) is 9.59 Å². The maximum absolute atomic E-state index is 13.1. The van der Waals surface area contributed by atoms with Crippen molar-refractivity contribution >= 4 is 28.9 Å². The van der Waals surface area contributed by atoms with Crippen molar-refractivity contribution in [1.29, 1.82) is 0 Å². The predicted molar refractivity (Wildman–Crippen MR) is 104 cm³/mol. The molecule has 2 N–H and O–H groups in total. The van der Waals surface area contributed by atoms with Gasteiger partial charge in [0.25, 0.3) is 5.91 Å². The second-order valence-electron chi connectivity index (χ2n) is 6.67. The Morgan fingerprint density at radius 1 is 1.08 bits per heavy atom. The highest BCUT2D eigenvalue weighted by atomic mass is 16.2. The molecule has 0 saturated carbocycles. The average Bonchev–Trinajstić information content (AvgIpc) is 2.76. The van der Waals surface area contributed by atoms with Crippen LogP contribution in [0.25, 0.3) is 0 Å². The number of rotatable bonds is 4. The van der Waals surface area contributed by atoms with Gasteiger partial charge in [-0.1, -0.05) is 12.1 Å². The molecule has 6 heteroatoms. The minimum absolute atomic E-state index is 0.0342. The lowest BCUT2D eigenvalue weighted by atomic mass is 10.1. The van der Waals surface area contributed by atoms with E-state index in [2.05, 4.69) is 0 Å². The molecule has 2 amide bonds. The first-order valence-corrected chi connectivity index (χ1v) is 8.69. The summed E-state index contributed by atoms with van der Waals surface area (Å²) in [6.07, 6.45) is 0.294. The van der Waals surface area contributed by atoms with Gasteiger partial charge < -0.3 is 20.4 Å². The zero-order valence-electron chi connectivity index (χ0n) is 15.2. The summed E-state index contributed by atoms with van der Waals surface area (Å²) in [5.41, 5.74) is 8.43. The van der Waals surface area contributed by atoms with Crippen molar-refractivity contribution in [1.82, 2.24) is 4.90 Å². The molecule has 0 atom stereocenters. The molecule has 2 aromatic carbocycles. The first-order chi connectivity index (χ1) is 12.5. The van der Waals surface area contributed by atoms with Crippen molar-refractivity contribution in [2.75, 3.05) is 49.3 Å². The highest BCUT2D eigenvalue weighted by molar-refractivity contribution is 6.11. The Hall–Kier alpha value is -2.86. The van der Waals surface area contributed by atoms with E-state index < -0.39 is 0 Å². The lowest BCUT2D eigenvalue weighted by Crippen LogP contribution is -2.36. The number of nitrogen functional groups attached to an aromatic ring is 1. The number of hydrogen-bond donors (Lipinski definition) is 1. The Balaban J connectivity index is 1.96. The minimum atomic E-state index is -0.125. The van der Waals surface area contributed by atoms with E-state index in [0.29, 0.717) is 30.8 Å². The number of hydrogen-bond acceptors (Lipinski definition) is 4. The molecule has 0 aliphatic carbocycles. The van der Waals surface area contributed by atoms with Crippen LogP contribution in [0.15, 0.2) is 48.5 Å². The van der Waals surface area contributed by atoms with Crippen LogP contribution in [0.4, 0.5) is 17.1 Å². The summed E-state index contributed by atoms with van der Waals surface area (Å²) >= 11 is 0. The molecule has 0 radical (unpaired) electrons. The highest BCUT2D eigenvalue weighted by Gasteiger charge is 2.29. The largest absolute Gasteiger partial charge is 0.399 e. The molecule has 0 fully saturated rings. The lowest BCUT2D eigenvalue weighted by Gasteiger charge is -2.26. The normalized spacial score (nSPS) is 14.3. The fourth-order valence-corrected chi connectivity index (χ4v) is 3.06. The number of likely N-dealkylation sites (N-methyl/N-ethyl adjacent to an activating group) is 1. The Labute approximate surface area is 153 Å². The average molecular weight is 352 g/mol. The summed E-state index contributed by atoms with van der Waals surface area (Å²) in [5, 5.41) is 0. The van der Waals surface area contributed by atoms with Crippen LogP contribution >= 0.6 is 0 Å². The van der Waals surface area contributed by atoms with Gasteiger partial charge in [0, 0.05) is 37.3 Å². The summed E-state index contributed by atoms with van der Waals surface area (Å²) in [6.45, 7) is 1.70. The number of para-hydroxylation sites is 2. The van der Waals surface area contributed by atoms with E-state index in [1.54, 1.807) is 34.1 Å².